The highest BCUT2D eigenvalue weighted by Gasteiger charge is 2.39. The van der Waals surface area contributed by atoms with E-state index in [0.717, 1.165) is 19.4 Å². The lowest BCUT2D eigenvalue weighted by atomic mass is 9.79. The van der Waals surface area contributed by atoms with Crippen molar-refractivity contribution in [3.63, 3.8) is 0 Å². The lowest BCUT2D eigenvalue weighted by molar-refractivity contribution is -0.139. The van der Waals surface area contributed by atoms with Gasteiger partial charge in [-0.05, 0) is 12.3 Å². The number of hydrogen-bond donors (Lipinski definition) is 1. The van der Waals surface area contributed by atoms with E-state index in [2.05, 4.69) is 20.8 Å². The third-order valence-electron chi connectivity index (χ3n) is 2.09. The van der Waals surface area contributed by atoms with Gasteiger partial charge >= 0.3 is 0 Å². The largest absolute Gasteiger partial charge is 0.390 e. The van der Waals surface area contributed by atoms with Gasteiger partial charge in [-0.25, -0.2) is 0 Å². The van der Waals surface area contributed by atoms with Crippen LogP contribution in [0.3, 0.4) is 0 Å². The van der Waals surface area contributed by atoms with Crippen molar-refractivity contribution in [2.75, 3.05) is 6.61 Å². The summed E-state index contributed by atoms with van der Waals surface area (Å²) in [6, 6.07) is 0. The zero-order valence-corrected chi connectivity index (χ0v) is 8.55. The summed E-state index contributed by atoms with van der Waals surface area (Å²) in [6.45, 7) is 9.12. The minimum absolute atomic E-state index is 0.238. The van der Waals surface area contributed by atoms with Crippen molar-refractivity contribution in [3.05, 3.63) is 0 Å². The van der Waals surface area contributed by atoms with Crippen LogP contribution >= 0.6 is 0 Å². The molecule has 1 fully saturated rings. The van der Waals surface area contributed by atoms with E-state index in [1.165, 1.54) is 0 Å². The van der Waals surface area contributed by atoms with E-state index in [0.29, 0.717) is 6.10 Å². The van der Waals surface area contributed by atoms with Crippen LogP contribution in [0.1, 0.15) is 40.5 Å². The Kier molecular flexibility index (Phi) is 2.50. The second-order valence-corrected chi connectivity index (χ2v) is 5.40. The smallest absolute Gasteiger partial charge is 0.0669 e. The summed E-state index contributed by atoms with van der Waals surface area (Å²) in [5.74, 6) is 0. The summed E-state index contributed by atoms with van der Waals surface area (Å²) in [7, 11) is 0. The van der Waals surface area contributed by atoms with E-state index in [4.69, 9.17) is 4.74 Å². The first-order chi connectivity index (χ1) is 5.29. The molecule has 0 amide bonds. The molecule has 0 heterocycles. The Bertz CT molecular complexity index is 148. The molecule has 1 N–H and O–H groups in total. The molecule has 0 aromatic carbocycles. The molecule has 0 aromatic heterocycles. The van der Waals surface area contributed by atoms with Gasteiger partial charge in [0.25, 0.3) is 0 Å². The highest BCUT2D eigenvalue weighted by atomic mass is 16.5. The molecule has 0 radical (unpaired) electrons. The van der Waals surface area contributed by atoms with Crippen LogP contribution in [-0.2, 0) is 4.74 Å². The maximum atomic E-state index is 9.43. The van der Waals surface area contributed by atoms with E-state index >= 15 is 0 Å². The molecule has 2 heteroatoms. The fraction of sp³-hybridized carbons (Fsp3) is 1.00. The van der Waals surface area contributed by atoms with Gasteiger partial charge in [0.1, 0.15) is 0 Å². The quantitative estimate of drug-likeness (QED) is 0.690. The molecule has 0 saturated heterocycles. The Hall–Kier alpha value is -0.0800. The molecule has 72 valence electrons. The minimum Gasteiger partial charge on any atom is -0.390 e. The minimum atomic E-state index is -0.456. The van der Waals surface area contributed by atoms with Gasteiger partial charge in [0, 0.05) is 12.8 Å². The van der Waals surface area contributed by atoms with E-state index in [1.807, 2.05) is 6.92 Å². The molecule has 0 aliphatic heterocycles. The van der Waals surface area contributed by atoms with Crippen molar-refractivity contribution in [1.82, 2.24) is 0 Å². The van der Waals surface area contributed by atoms with Gasteiger partial charge in [-0.2, -0.15) is 0 Å². The van der Waals surface area contributed by atoms with Crippen LogP contribution in [0.5, 0.6) is 0 Å². The number of ether oxygens (including phenoxy) is 1. The Morgan fingerprint density at radius 2 is 1.92 bits per heavy atom. The van der Waals surface area contributed by atoms with E-state index in [1.54, 1.807) is 0 Å². The molecule has 2 nitrogen and oxygen atoms in total. The van der Waals surface area contributed by atoms with Crippen molar-refractivity contribution >= 4 is 0 Å². The van der Waals surface area contributed by atoms with Crippen LogP contribution in [0.15, 0.2) is 0 Å². The average Bonchev–Trinajstić information content (AvgIpc) is 1.76. The Morgan fingerprint density at radius 1 is 1.42 bits per heavy atom. The summed E-state index contributed by atoms with van der Waals surface area (Å²) in [5.41, 5.74) is -0.218. The summed E-state index contributed by atoms with van der Waals surface area (Å²) in [4.78, 5) is 0. The fourth-order valence-corrected chi connectivity index (χ4v) is 1.41. The van der Waals surface area contributed by atoms with Gasteiger partial charge in [0.2, 0.25) is 0 Å². The second kappa shape index (κ2) is 3.00. The summed E-state index contributed by atoms with van der Waals surface area (Å²) in [6.07, 6.45) is 1.88. The van der Waals surface area contributed by atoms with Crippen LogP contribution in [0.4, 0.5) is 0 Å². The standard InChI is InChI=1S/C10H20O2/c1-9(2,3)7-12-8-5-10(4,11)6-8/h8,11H,5-7H2,1-4H3. The van der Waals surface area contributed by atoms with Crippen molar-refractivity contribution in [2.24, 2.45) is 5.41 Å². The summed E-state index contributed by atoms with van der Waals surface area (Å²) >= 11 is 0. The molecule has 0 aromatic rings. The number of rotatable bonds is 2. The van der Waals surface area contributed by atoms with Crippen LogP contribution in [0.2, 0.25) is 0 Å². The van der Waals surface area contributed by atoms with Gasteiger partial charge < -0.3 is 9.84 Å². The zero-order valence-electron chi connectivity index (χ0n) is 8.55. The van der Waals surface area contributed by atoms with Crippen LogP contribution in [-0.4, -0.2) is 23.4 Å². The molecule has 0 unspecified atom stereocenters. The SMILES string of the molecule is CC(C)(C)COC1CC(C)(O)C1. The summed E-state index contributed by atoms with van der Waals surface area (Å²) < 4.78 is 5.62. The van der Waals surface area contributed by atoms with Crippen LogP contribution < -0.4 is 0 Å². The van der Waals surface area contributed by atoms with Gasteiger partial charge in [-0.1, -0.05) is 20.8 Å². The normalized spacial score (nSPS) is 36.2. The highest BCUT2D eigenvalue weighted by molar-refractivity contribution is 4.91. The maximum absolute atomic E-state index is 9.43. The Labute approximate surface area is 74.9 Å². The van der Waals surface area contributed by atoms with Crippen molar-refractivity contribution in [1.29, 1.82) is 0 Å². The number of hydrogen-bond acceptors (Lipinski definition) is 2. The second-order valence-electron chi connectivity index (χ2n) is 5.40. The first-order valence-corrected chi connectivity index (χ1v) is 4.63. The average molecular weight is 172 g/mol. The third-order valence-corrected chi connectivity index (χ3v) is 2.09. The predicted octanol–water partition coefficient (Wildman–Crippen LogP) is 1.96. The molecule has 0 bridgehead atoms. The van der Waals surface area contributed by atoms with Gasteiger partial charge in [0.15, 0.2) is 0 Å². The Morgan fingerprint density at radius 3 is 2.25 bits per heavy atom. The summed E-state index contributed by atoms with van der Waals surface area (Å²) in [5, 5.41) is 9.43. The van der Waals surface area contributed by atoms with E-state index in [-0.39, 0.29) is 5.41 Å². The van der Waals surface area contributed by atoms with Crippen molar-refractivity contribution in [2.45, 2.75) is 52.2 Å². The molecular weight excluding hydrogens is 152 g/mol. The van der Waals surface area contributed by atoms with E-state index in [9.17, 15) is 5.11 Å². The van der Waals surface area contributed by atoms with E-state index < -0.39 is 5.60 Å². The van der Waals surface area contributed by atoms with Gasteiger partial charge in [-0.3, -0.25) is 0 Å². The van der Waals surface area contributed by atoms with Crippen molar-refractivity contribution in [3.8, 4) is 0 Å². The van der Waals surface area contributed by atoms with Crippen LogP contribution in [0, 0.1) is 5.41 Å². The van der Waals surface area contributed by atoms with Crippen molar-refractivity contribution < 1.29 is 9.84 Å². The molecule has 1 aliphatic rings. The molecule has 1 rings (SSSR count). The molecule has 1 aliphatic carbocycles. The van der Waals surface area contributed by atoms with Crippen LogP contribution in [0.25, 0.3) is 0 Å². The fourth-order valence-electron chi connectivity index (χ4n) is 1.41. The first kappa shape index (κ1) is 10.0. The predicted molar refractivity (Wildman–Crippen MR) is 49.1 cm³/mol. The molecule has 0 spiro atoms. The lowest BCUT2D eigenvalue weighted by Crippen LogP contribution is -2.46. The number of aliphatic hydroxyl groups is 1. The molecule has 12 heavy (non-hydrogen) atoms. The molecular formula is C10H20O2. The maximum Gasteiger partial charge on any atom is 0.0669 e. The lowest BCUT2D eigenvalue weighted by Gasteiger charge is -2.41. The topological polar surface area (TPSA) is 29.5 Å². The first-order valence-electron chi connectivity index (χ1n) is 4.63. The molecule has 0 atom stereocenters. The Balaban J connectivity index is 2.12. The third kappa shape index (κ3) is 3.11. The van der Waals surface area contributed by atoms with Gasteiger partial charge in [-0.15, -0.1) is 0 Å². The molecule has 1 saturated carbocycles. The highest BCUT2D eigenvalue weighted by Crippen LogP contribution is 2.34. The monoisotopic (exact) mass is 172 g/mol. The van der Waals surface area contributed by atoms with Gasteiger partial charge in [0.05, 0.1) is 18.3 Å². The zero-order chi connectivity index (χ0) is 9.41.